The lowest BCUT2D eigenvalue weighted by molar-refractivity contribution is 0.0928. The van der Waals surface area contributed by atoms with Crippen LogP contribution in [0.25, 0.3) is 83.2 Å². The van der Waals surface area contributed by atoms with Crippen molar-refractivity contribution in [2.75, 3.05) is 0 Å². The van der Waals surface area contributed by atoms with Crippen LogP contribution in [0.15, 0.2) is 252 Å². The lowest BCUT2D eigenvalue weighted by atomic mass is 9.97. The highest BCUT2D eigenvalue weighted by atomic mass is 32.1. The molecule has 0 radical (unpaired) electrons. The molecule has 18 rings (SSSR count). The second kappa shape index (κ2) is 33.7. The average Bonchev–Trinajstić information content (AvgIpc) is 1.71. The van der Waals surface area contributed by atoms with Crippen LogP contribution in [0.5, 0.6) is 0 Å². The van der Waals surface area contributed by atoms with Gasteiger partial charge in [-0.2, -0.15) is 15.3 Å². The van der Waals surface area contributed by atoms with Gasteiger partial charge in [0.05, 0.1) is 106 Å². The van der Waals surface area contributed by atoms with Gasteiger partial charge in [-0.25, -0.2) is 38.5 Å². The van der Waals surface area contributed by atoms with E-state index < -0.39 is 18.1 Å². The molecule has 12 aromatic heterocycles. The van der Waals surface area contributed by atoms with Crippen LogP contribution in [0.2, 0.25) is 0 Å². The van der Waals surface area contributed by atoms with E-state index in [2.05, 4.69) is 96.7 Å². The van der Waals surface area contributed by atoms with E-state index in [4.69, 9.17) is 13.3 Å². The van der Waals surface area contributed by atoms with E-state index in [1.165, 1.54) is 34.0 Å². The normalized spacial score (nSPS) is 11.8. The summed E-state index contributed by atoms with van der Waals surface area (Å²) in [5.41, 5.74) is 11.8. The Bertz CT molecular complexity index is 7120. The average molecular weight is 1620 g/mol. The van der Waals surface area contributed by atoms with E-state index in [-0.39, 0.29) is 34.0 Å². The molecule has 582 valence electrons. The van der Waals surface area contributed by atoms with Crippen molar-refractivity contribution in [2.45, 2.75) is 73.5 Å². The number of benzene rings is 6. The molecule has 0 saturated heterocycles. The highest BCUT2D eigenvalue weighted by molar-refractivity contribution is 7.12. The van der Waals surface area contributed by atoms with Gasteiger partial charge in [-0.3, -0.25) is 33.8 Å². The van der Waals surface area contributed by atoms with Gasteiger partial charge in [-0.15, -0.1) is 34.0 Å². The van der Waals surface area contributed by atoms with Crippen LogP contribution < -0.4 is 32.2 Å². The number of aryl methyl sites for hydroxylation is 5. The Balaban J connectivity index is 0.000000133. The Morgan fingerprint density at radius 1 is 0.403 bits per heavy atom. The molecule has 3 atom stereocenters. The summed E-state index contributed by atoms with van der Waals surface area (Å²) in [7, 11) is 0. The van der Waals surface area contributed by atoms with E-state index in [1.807, 2.05) is 110 Å². The number of carbonyl (C=O) groups is 3. The van der Waals surface area contributed by atoms with Crippen LogP contribution in [-0.4, -0.2) is 76.5 Å². The Kier molecular flexibility index (Phi) is 22.0. The van der Waals surface area contributed by atoms with Crippen LogP contribution in [-0.2, 0) is 0 Å². The number of thiazole rings is 3. The van der Waals surface area contributed by atoms with E-state index in [0.29, 0.717) is 157 Å². The topological polar surface area (TPSA) is 307 Å². The summed E-state index contributed by atoms with van der Waals surface area (Å²) in [4.78, 5) is 110. The second-order valence-corrected chi connectivity index (χ2v) is 30.6. The van der Waals surface area contributed by atoms with Crippen LogP contribution in [0.4, 0.5) is 0 Å². The lowest BCUT2D eigenvalue weighted by Crippen LogP contribution is -2.28. The minimum absolute atomic E-state index is 0.220. The molecule has 27 heteroatoms. The van der Waals surface area contributed by atoms with Crippen molar-refractivity contribution in [1.29, 1.82) is 0 Å². The van der Waals surface area contributed by atoms with Crippen LogP contribution >= 0.6 is 34.0 Å². The summed E-state index contributed by atoms with van der Waals surface area (Å²) in [6.45, 7) is 14.5. The Morgan fingerprint density at radius 2 is 0.773 bits per heavy atom. The Morgan fingerprint density at radius 3 is 1.11 bits per heavy atom. The quantitative estimate of drug-likeness (QED) is 0.0957. The fraction of sp³-hybridized carbons (Fsp3) is 0.120. The Hall–Kier alpha value is -15.2. The van der Waals surface area contributed by atoms with Gasteiger partial charge in [-0.05, 0) is 144 Å². The highest BCUT2D eigenvalue weighted by Crippen LogP contribution is 2.35. The predicted molar refractivity (Wildman–Crippen MR) is 458 cm³/mol. The fourth-order valence-corrected chi connectivity index (χ4v) is 15.6. The number of nitrogens with zero attached hydrogens (tertiary/aromatic N) is 12. The summed E-state index contributed by atoms with van der Waals surface area (Å²) in [5.74, 6) is 18.6. The smallest absolute Gasteiger partial charge is 0.257 e. The molecule has 3 amide bonds. The predicted octanol–water partition coefficient (Wildman–Crippen LogP) is 16.1. The summed E-state index contributed by atoms with van der Waals surface area (Å²) in [5, 5.41) is 27.0. The molecule has 12 heterocycles. The standard InChI is InChI=1S/2C31H23N5O3S.C30H21N5O3S/c1-18-25(30-32-15-8-16-36(30)35-18)31(38)33-19(2)29-27(21-9-5-4-6-10-21)28(37)26-22(11-7-12-24(26)39-29)13-14-23-17-40-20(3)34-23;1-18-25(30-32-15-8-16-36(30)35-18)31(38)34-19(2)29-27(21-9-5-4-6-10-21)28(37)26-22(11-7-12-24(26)39-29)13-14-23-17-33-20(3)40-23;1-18-24(29-32-14-7-15-35(29)34-18)30(37)33-19(2)28-26(20-8-4-3-5-9-20)27(36)25-21(10-6-11-23(25)38-28)12-13-22-16-31-17-39-22/h4-12,15-17,19H,1-3H3,(H,33,38);4-12,15-17,19H,1-3H3,(H,34,38);3-11,14-17,19H,1-2H3,(H,33,37). The number of nitrogens with one attached hydrogen (secondary N) is 3. The van der Waals surface area contributed by atoms with Crippen molar-refractivity contribution in [2.24, 2.45) is 0 Å². The number of fused-ring (bicyclic) bond motifs is 6. The third kappa shape index (κ3) is 16.0. The van der Waals surface area contributed by atoms with Crippen molar-refractivity contribution in [3.8, 4) is 68.9 Å². The Labute approximate surface area is 690 Å². The largest absolute Gasteiger partial charge is 0.458 e. The van der Waals surface area contributed by atoms with Crippen LogP contribution in [0.1, 0.15) is 146 Å². The number of carbonyl (C=O) groups excluding carboxylic acids is 3. The van der Waals surface area contributed by atoms with Crippen LogP contribution in [0.3, 0.4) is 0 Å². The zero-order valence-electron chi connectivity index (χ0n) is 64.9. The molecular weight excluding hydrogens is 1560 g/mol. The van der Waals surface area contributed by atoms with Gasteiger partial charge < -0.3 is 29.2 Å². The molecule has 0 fully saturated rings. The number of aromatic nitrogens is 12. The van der Waals surface area contributed by atoms with Crippen molar-refractivity contribution in [1.82, 2.24) is 74.7 Å². The van der Waals surface area contributed by atoms with E-state index in [9.17, 15) is 28.8 Å². The molecule has 0 aliphatic heterocycles. The van der Waals surface area contributed by atoms with Gasteiger partial charge in [0.1, 0.15) is 56.4 Å². The first-order chi connectivity index (χ1) is 57.8. The molecule has 0 aliphatic carbocycles. The first-order valence-electron chi connectivity index (χ1n) is 37.4. The zero-order chi connectivity index (χ0) is 82.5. The molecule has 3 N–H and O–H groups in total. The van der Waals surface area contributed by atoms with E-state index in [1.54, 1.807) is 183 Å². The van der Waals surface area contributed by atoms with Crippen molar-refractivity contribution in [3.05, 3.63) is 348 Å². The summed E-state index contributed by atoms with van der Waals surface area (Å²) >= 11 is 4.44. The zero-order valence-corrected chi connectivity index (χ0v) is 67.3. The number of hydrogen-bond acceptors (Lipinski definition) is 21. The van der Waals surface area contributed by atoms with E-state index in [0.717, 1.165) is 19.8 Å². The van der Waals surface area contributed by atoms with Crippen molar-refractivity contribution >= 4 is 102 Å². The molecule has 3 unspecified atom stereocenters. The number of rotatable bonds is 12. The minimum atomic E-state index is -0.648. The highest BCUT2D eigenvalue weighted by Gasteiger charge is 2.31. The second-order valence-electron chi connectivity index (χ2n) is 27.4. The molecule has 24 nitrogen and oxygen atoms in total. The van der Waals surface area contributed by atoms with Gasteiger partial charge in [-0.1, -0.05) is 127 Å². The van der Waals surface area contributed by atoms with Crippen LogP contribution in [0, 0.1) is 70.1 Å². The maximum atomic E-state index is 14.2. The van der Waals surface area contributed by atoms with Gasteiger partial charge in [0.15, 0.2) is 16.9 Å². The maximum absolute atomic E-state index is 14.2. The SMILES string of the molecule is Cc1nc(C#Cc2cccc3oc(C(C)NC(=O)c4c(C)nn5cccnc45)c(-c4ccccc4)c(=O)c23)cs1.Cc1ncc(C#Cc2cccc3oc(C(C)NC(=O)c4c(C)nn5cccnc45)c(-c4ccccc4)c(=O)c23)s1.Cc1nn2cccnc2c1C(=O)NC(C)c1oc2cccc(C#Cc3cncs3)c2c(=O)c1-c1ccccc1. The molecule has 0 bridgehead atoms. The first kappa shape index (κ1) is 77.7. The summed E-state index contributed by atoms with van der Waals surface area (Å²) in [6, 6.07) is 47.2. The molecule has 18 aromatic rings. The van der Waals surface area contributed by atoms with Crippen molar-refractivity contribution < 1.29 is 27.6 Å². The minimum Gasteiger partial charge on any atom is -0.458 e. The molecule has 0 spiro atoms. The summed E-state index contributed by atoms with van der Waals surface area (Å²) in [6.07, 6.45) is 13.5. The van der Waals surface area contributed by atoms with Gasteiger partial charge in [0.2, 0.25) is 16.3 Å². The number of hydrogen-bond donors (Lipinski definition) is 3. The first-order valence-corrected chi connectivity index (χ1v) is 40.0. The van der Waals surface area contributed by atoms with Gasteiger partial charge in [0, 0.05) is 59.3 Å². The molecule has 0 saturated carbocycles. The molecular formula is C92H67N15O9S3. The summed E-state index contributed by atoms with van der Waals surface area (Å²) < 4.78 is 23.9. The fourth-order valence-electron chi connectivity index (χ4n) is 13.9. The lowest BCUT2D eigenvalue weighted by Gasteiger charge is -2.18. The number of amides is 3. The van der Waals surface area contributed by atoms with Crippen molar-refractivity contribution in [3.63, 3.8) is 0 Å². The van der Waals surface area contributed by atoms with E-state index >= 15 is 0 Å². The molecule has 119 heavy (non-hydrogen) atoms. The molecule has 0 aliphatic rings. The maximum Gasteiger partial charge on any atom is 0.257 e. The van der Waals surface area contributed by atoms with Gasteiger partial charge >= 0.3 is 0 Å². The monoisotopic (exact) mass is 1620 g/mol. The third-order valence-corrected chi connectivity index (χ3v) is 21.6. The molecule has 6 aromatic carbocycles. The van der Waals surface area contributed by atoms with Gasteiger partial charge in [0.25, 0.3) is 17.7 Å². The third-order valence-electron chi connectivity index (χ3n) is 19.3.